The Hall–Kier alpha value is -9.19. The lowest BCUT2D eigenvalue weighted by Crippen LogP contribution is -2.78. The zero-order chi connectivity index (χ0) is 50.5. The molecule has 0 saturated heterocycles. The van der Waals surface area contributed by atoms with Crippen molar-refractivity contribution in [1.29, 1.82) is 0 Å². The summed E-state index contributed by atoms with van der Waals surface area (Å²) in [6, 6.07) is 114. The monoisotopic (exact) mass is 1010 g/mol. The summed E-state index contributed by atoms with van der Waals surface area (Å²) in [7, 11) is -5.03. The Bertz CT molecular complexity index is 3970. The summed E-state index contributed by atoms with van der Waals surface area (Å²) < 4.78 is 6.87. The smallest absolute Gasteiger partial charge is 0.190 e. The van der Waals surface area contributed by atoms with Crippen molar-refractivity contribution in [1.82, 2.24) is 0 Å². The summed E-state index contributed by atoms with van der Waals surface area (Å²) in [4.78, 5) is 7.82. The fraction of sp³-hybridized carbons (Fsp3) is 0. The zero-order valence-corrected chi connectivity index (χ0v) is 43.5. The molecular weight excluding hydrogens is 955 g/mol. The molecule has 0 atom stereocenters. The third-order valence-corrected chi connectivity index (χ3v) is 24.7. The molecule has 0 fully saturated rings. The zero-order valence-electron chi connectivity index (χ0n) is 41.7. The summed E-state index contributed by atoms with van der Waals surface area (Å²) in [5.74, 6) is 1.89. The normalized spacial score (nSPS) is 13.7. The number of fused-ring (bicyclic) bond motifs is 8. The largest absolute Gasteiger partial charge is 0.458 e. The van der Waals surface area contributed by atoms with Crippen LogP contribution in [0.3, 0.4) is 0 Å². The number of para-hydroxylation sites is 3. The van der Waals surface area contributed by atoms with Crippen molar-refractivity contribution in [2.24, 2.45) is 0 Å². The Morgan fingerprint density at radius 2 is 0.618 bits per heavy atom. The van der Waals surface area contributed by atoms with Crippen LogP contribution >= 0.6 is 10.0 Å². The number of ether oxygens (including phenoxy) is 1. The van der Waals surface area contributed by atoms with Crippen LogP contribution in [0.25, 0.3) is 44.5 Å². The van der Waals surface area contributed by atoms with E-state index in [9.17, 15) is 0 Å². The molecule has 2 nitrogen and oxygen atoms in total. The van der Waals surface area contributed by atoms with Gasteiger partial charge in [-0.25, -0.2) is 0 Å². The highest BCUT2D eigenvalue weighted by Crippen LogP contribution is 2.74. The molecule has 0 amide bonds. The van der Waals surface area contributed by atoms with E-state index in [0.717, 1.165) is 39.7 Å². The number of anilines is 3. The van der Waals surface area contributed by atoms with Gasteiger partial charge >= 0.3 is 0 Å². The lowest BCUT2D eigenvalue weighted by atomic mass is 9.99. The van der Waals surface area contributed by atoms with Crippen LogP contribution in [0.4, 0.5) is 17.1 Å². The molecule has 0 aliphatic carbocycles. The highest BCUT2D eigenvalue weighted by Gasteiger charge is 2.56. The molecular formula is C72H51NOSSi. The fourth-order valence-electron chi connectivity index (χ4n) is 12.0. The lowest BCUT2D eigenvalue weighted by Gasteiger charge is -2.53. The third kappa shape index (κ3) is 7.40. The van der Waals surface area contributed by atoms with E-state index in [1.807, 2.05) is 0 Å². The van der Waals surface area contributed by atoms with Gasteiger partial charge in [-0.3, -0.25) is 0 Å². The maximum Gasteiger partial charge on any atom is 0.190 e. The highest BCUT2D eigenvalue weighted by atomic mass is 32.3. The first-order chi connectivity index (χ1) is 37.7. The topological polar surface area (TPSA) is 12.5 Å². The van der Waals surface area contributed by atoms with Crippen molar-refractivity contribution >= 4 is 55.9 Å². The van der Waals surface area contributed by atoms with Crippen LogP contribution in [-0.2, 0) is 0 Å². The van der Waals surface area contributed by atoms with Gasteiger partial charge in [-0.05, 0) is 150 Å². The molecule has 2 aliphatic rings. The molecule has 1 spiro atoms. The van der Waals surface area contributed by atoms with Crippen LogP contribution in [0, 0.1) is 0 Å². The molecule has 0 saturated carbocycles. The van der Waals surface area contributed by atoms with Crippen LogP contribution in [0.1, 0.15) is 0 Å². The summed E-state index contributed by atoms with van der Waals surface area (Å²) in [5.41, 5.74) is 12.8. The summed E-state index contributed by atoms with van der Waals surface area (Å²) in [6.07, 6.45) is 0. The van der Waals surface area contributed by atoms with Gasteiger partial charge in [0.05, 0.1) is 0 Å². The number of hydrogen-bond acceptors (Lipinski definition) is 2. The molecule has 12 aromatic carbocycles. The summed E-state index contributed by atoms with van der Waals surface area (Å²) in [5, 5.41) is 5.42. The van der Waals surface area contributed by atoms with E-state index in [4.69, 9.17) is 4.74 Å². The van der Waals surface area contributed by atoms with Crippen LogP contribution < -0.4 is 30.4 Å². The van der Waals surface area contributed by atoms with E-state index in [1.54, 1.807) is 0 Å². The van der Waals surface area contributed by atoms with Crippen molar-refractivity contribution < 1.29 is 4.74 Å². The second-order valence-corrected chi connectivity index (χ2v) is 26.3. The Balaban J connectivity index is 0.876. The molecule has 14 rings (SSSR count). The minimum absolute atomic E-state index is 0.945. The van der Waals surface area contributed by atoms with Gasteiger partial charge < -0.3 is 9.64 Å². The van der Waals surface area contributed by atoms with Crippen LogP contribution in [0.5, 0.6) is 11.5 Å². The molecule has 360 valence electrons. The molecule has 0 bridgehead atoms. The predicted molar refractivity (Wildman–Crippen MR) is 320 cm³/mol. The van der Waals surface area contributed by atoms with Crippen molar-refractivity contribution in [2.45, 2.75) is 19.6 Å². The molecule has 0 N–H and O–H groups in total. The third-order valence-electron chi connectivity index (χ3n) is 15.5. The quantitative estimate of drug-likeness (QED) is 0.134. The number of benzene rings is 12. The second-order valence-electron chi connectivity index (χ2n) is 19.6. The molecule has 4 heteroatoms. The average molecular weight is 1010 g/mol. The van der Waals surface area contributed by atoms with Gasteiger partial charge in [0, 0.05) is 36.6 Å². The average Bonchev–Trinajstić information content (AvgIpc) is 3.57. The van der Waals surface area contributed by atoms with Gasteiger partial charge in [0.1, 0.15) is 11.5 Å². The number of hydrogen-bond donors (Lipinski definition) is 0. The minimum Gasteiger partial charge on any atom is -0.458 e. The van der Waals surface area contributed by atoms with E-state index in [-0.39, 0.29) is 0 Å². The van der Waals surface area contributed by atoms with Gasteiger partial charge in [-0.2, -0.15) is 0 Å². The molecule has 0 radical (unpaired) electrons. The first-order valence-corrected chi connectivity index (χ1v) is 29.7. The SMILES string of the molecule is c1ccc(-c2ccc(-c3ccc(N(c4ccccc4)c4cccc(-c5ccc(-c6ccc7c(c6)[Si]6(c8ccccc8Oc8ccccc86)c6ccccc6S7(c6ccccc6)c6ccccc6)cc5)c4)cc3)cc2)cc1. The first-order valence-electron chi connectivity index (χ1n) is 26.0. The van der Waals surface area contributed by atoms with Gasteiger partial charge in [0.2, 0.25) is 0 Å². The molecule has 0 aromatic heterocycles. The van der Waals surface area contributed by atoms with Crippen molar-refractivity contribution in [3.8, 4) is 56.0 Å². The highest BCUT2D eigenvalue weighted by molar-refractivity contribution is 8.34. The van der Waals surface area contributed by atoms with Crippen molar-refractivity contribution in [3.05, 3.63) is 309 Å². The van der Waals surface area contributed by atoms with Gasteiger partial charge in [-0.15, -0.1) is 10.0 Å². The van der Waals surface area contributed by atoms with E-state index in [2.05, 4.69) is 314 Å². The van der Waals surface area contributed by atoms with E-state index in [1.165, 1.54) is 73.7 Å². The Morgan fingerprint density at radius 1 is 0.250 bits per heavy atom. The molecule has 2 aliphatic heterocycles. The van der Waals surface area contributed by atoms with Gasteiger partial charge in [-0.1, -0.05) is 224 Å². The summed E-state index contributed by atoms with van der Waals surface area (Å²) in [6.45, 7) is 0. The lowest BCUT2D eigenvalue weighted by molar-refractivity contribution is 0.487. The Kier molecular flexibility index (Phi) is 11.3. The van der Waals surface area contributed by atoms with E-state index >= 15 is 0 Å². The minimum atomic E-state index is -3.05. The van der Waals surface area contributed by atoms with E-state index < -0.39 is 18.1 Å². The Labute approximate surface area is 447 Å². The van der Waals surface area contributed by atoms with Crippen molar-refractivity contribution in [3.63, 3.8) is 0 Å². The van der Waals surface area contributed by atoms with Crippen LogP contribution in [0.2, 0.25) is 0 Å². The second kappa shape index (κ2) is 18.9. The standard InChI is InChI=1S/C72H51NOSSi/c1-5-20-52(21-6-1)53-36-38-54(39-37-53)55-44-47-61(48-45-55)73(60-23-7-2-8-24-60)62-25-19-22-58(50-62)56-40-42-57(43-41-56)59-46-49-68-72(51-59)76(69-33-16-13-30-65(69)74-66-31-14-17-34-70(66)76)71-35-18-15-32-67(71)75(68,63-26-9-3-10-27-63)64-28-11-4-12-29-64/h1-51H. The van der Waals surface area contributed by atoms with Gasteiger partial charge in [0.25, 0.3) is 0 Å². The molecule has 2 heterocycles. The fourth-order valence-corrected chi connectivity index (χ4v) is 22.9. The van der Waals surface area contributed by atoms with Crippen LogP contribution in [-0.4, -0.2) is 8.07 Å². The molecule has 76 heavy (non-hydrogen) atoms. The van der Waals surface area contributed by atoms with Crippen LogP contribution in [0.15, 0.2) is 329 Å². The maximum absolute atomic E-state index is 6.87. The number of nitrogens with zero attached hydrogens (tertiary/aromatic N) is 1. The molecule has 12 aromatic rings. The summed E-state index contributed by atoms with van der Waals surface area (Å²) >= 11 is 0. The first kappa shape index (κ1) is 45.4. The Morgan fingerprint density at radius 3 is 1.18 bits per heavy atom. The van der Waals surface area contributed by atoms with Gasteiger partial charge in [0.15, 0.2) is 8.07 Å². The maximum atomic E-state index is 6.87. The van der Waals surface area contributed by atoms with E-state index in [0.29, 0.717) is 0 Å². The predicted octanol–water partition coefficient (Wildman–Crippen LogP) is 17.0. The number of rotatable bonds is 9. The molecule has 0 unspecified atom stereocenters. The van der Waals surface area contributed by atoms with Crippen molar-refractivity contribution in [2.75, 3.05) is 4.90 Å².